The number of H-pyrrole nitrogens is 1. The summed E-state index contributed by atoms with van der Waals surface area (Å²) in [6.45, 7) is 5.07. The molecule has 0 unspecified atom stereocenters. The number of aromatic nitrogens is 2. The van der Waals surface area contributed by atoms with Crippen molar-refractivity contribution in [2.45, 2.75) is 25.8 Å². The number of hydrogen-bond acceptors (Lipinski definition) is 4. The fourth-order valence-corrected chi connectivity index (χ4v) is 4.66. The summed E-state index contributed by atoms with van der Waals surface area (Å²) in [6.07, 6.45) is 4.14. The number of nitrogens with one attached hydrogen (secondary N) is 2. The van der Waals surface area contributed by atoms with E-state index >= 15 is 0 Å². The van der Waals surface area contributed by atoms with Gasteiger partial charge in [-0.3, -0.25) is 9.69 Å². The summed E-state index contributed by atoms with van der Waals surface area (Å²) in [7, 11) is 0. The van der Waals surface area contributed by atoms with Gasteiger partial charge in [0.15, 0.2) is 11.0 Å². The molecular weight excluding hydrogens is 488 g/mol. The van der Waals surface area contributed by atoms with Crippen LogP contribution in [0.25, 0.3) is 17.3 Å². The van der Waals surface area contributed by atoms with Crippen molar-refractivity contribution in [3.8, 4) is 11.3 Å². The maximum atomic E-state index is 12.6. The summed E-state index contributed by atoms with van der Waals surface area (Å²) < 4.78 is 0.912. The van der Waals surface area contributed by atoms with Crippen LogP contribution in [0, 0.1) is 0 Å². The van der Waals surface area contributed by atoms with Gasteiger partial charge in [0.1, 0.15) is 0 Å². The van der Waals surface area contributed by atoms with E-state index in [2.05, 4.69) is 73.4 Å². The third-order valence-electron chi connectivity index (χ3n) is 5.60. The van der Waals surface area contributed by atoms with Crippen LogP contribution in [0.1, 0.15) is 25.3 Å². The molecule has 1 aliphatic rings. The molecular formula is C25H26BrClN4O. The molecule has 3 aromatic rings. The fourth-order valence-electron chi connectivity index (χ4n) is 4.02. The van der Waals surface area contributed by atoms with E-state index in [9.17, 15) is 4.79 Å². The molecule has 1 fully saturated rings. The normalized spacial score (nSPS) is 15.7. The molecule has 0 saturated carbocycles. The molecule has 32 heavy (non-hydrogen) atoms. The second-order valence-electron chi connectivity index (χ2n) is 8.19. The third-order valence-corrected chi connectivity index (χ3v) is 6.36. The zero-order valence-corrected chi connectivity index (χ0v) is 20.3. The van der Waals surface area contributed by atoms with E-state index in [4.69, 9.17) is 11.6 Å². The maximum absolute atomic E-state index is 12.6. The average Bonchev–Trinajstić information content (AvgIpc) is 2.78. The highest BCUT2D eigenvalue weighted by Crippen LogP contribution is 2.26. The number of anilines is 1. The Morgan fingerprint density at radius 1 is 1.22 bits per heavy atom. The van der Waals surface area contributed by atoms with Gasteiger partial charge in [-0.2, -0.15) is 0 Å². The summed E-state index contributed by atoms with van der Waals surface area (Å²) in [5.74, 6) is 0.285. The van der Waals surface area contributed by atoms with Crippen LogP contribution in [0.5, 0.6) is 0 Å². The molecule has 4 rings (SSSR count). The minimum absolute atomic E-state index is 0.200. The second kappa shape index (κ2) is 10.5. The number of nitrogens with zero attached hydrogens (tertiary/aromatic N) is 2. The number of piperidine rings is 1. The summed E-state index contributed by atoms with van der Waals surface area (Å²) in [5.41, 5.74) is 3.66. The minimum atomic E-state index is -0.256. The topological polar surface area (TPSA) is 61.0 Å². The molecule has 0 aliphatic carbocycles. The number of hydrogen-bond donors (Lipinski definition) is 2. The SMILES string of the molecule is CC(=Cc1ccccc1)CN1CCC(Nc2nc(Cl)c(-c3cccc(Br)c3)[nH]c2=O)CC1. The van der Waals surface area contributed by atoms with Crippen LogP contribution in [-0.2, 0) is 0 Å². The first kappa shape index (κ1) is 22.8. The monoisotopic (exact) mass is 512 g/mol. The Balaban J connectivity index is 1.35. The molecule has 1 aliphatic heterocycles. The van der Waals surface area contributed by atoms with Crippen molar-refractivity contribution in [2.75, 3.05) is 25.0 Å². The van der Waals surface area contributed by atoms with Gasteiger partial charge < -0.3 is 10.3 Å². The molecule has 2 heterocycles. The number of halogens is 2. The van der Waals surface area contributed by atoms with Crippen LogP contribution >= 0.6 is 27.5 Å². The Kier molecular flexibility index (Phi) is 7.45. The molecule has 0 atom stereocenters. The van der Waals surface area contributed by atoms with Gasteiger partial charge in [0.25, 0.3) is 5.56 Å². The summed E-state index contributed by atoms with van der Waals surface area (Å²) in [5, 5.41) is 3.59. The van der Waals surface area contributed by atoms with Gasteiger partial charge in [0.05, 0.1) is 5.69 Å². The van der Waals surface area contributed by atoms with Gasteiger partial charge in [-0.15, -0.1) is 0 Å². The van der Waals surface area contributed by atoms with Gasteiger partial charge in [0.2, 0.25) is 0 Å². The van der Waals surface area contributed by atoms with E-state index in [1.54, 1.807) is 0 Å². The predicted octanol–water partition coefficient (Wildman–Crippen LogP) is 5.83. The van der Waals surface area contributed by atoms with Crippen molar-refractivity contribution in [3.05, 3.63) is 85.7 Å². The van der Waals surface area contributed by atoms with E-state index in [1.165, 1.54) is 11.1 Å². The fraction of sp³-hybridized carbons (Fsp3) is 0.280. The van der Waals surface area contributed by atoms with Crippen molar-refractivity contribution in [2.24, 2.45) is 0 Å². The number of aromatic amines is 1. The molecule has 166 valence electrons. The Morgan fingerprint density at radius 2 is 1.97 bits per heavy atom. The number of benzene rings is 2. The largest absolute Gasteiger partial charge is 0.363 e. The van der Waals surface area contributed by atoms with E-state index in [1.807, 2.05) is 30.3 Å². The lowest BCUT2D eigenvalue weighted by molar-refractivity contribution is 0.236. The van der Waals surface area contributed by atoms with Gasteiger partial charge >= 0.3 is 0 Å². The highest BCUT2D eigenvalue weighted by atomic mass is 79.9. The first-order valence-corrected chi connectivity index (χ1v) is 11.9. The van der Waals surface area contributed by atoms with E-state index in [-0.39, 0.29) is 22.6 Å². The van der Waals surface area contributed by atoms with Crippen molar-refractivity contribution in [1.29, 1.82) is 0 Å². The van der Waals surface area contributed by atoms with Crippen LogP contribution < -0.4 is 10.9 Å². The maximum Gasteiger partial charge on any atom is 0.291 e. The Bertz CT molecular complexity index is 1150. The van der Waals surface area contributed by atoms with Crippen LogP contribution in [0.3, 0.4) is 0 Å². The van der Waals surface area contributed by atoms with Gasteiger partial charge in [-0.25, -0.2) is 4.98 Å². The molecule has 0 amide bonds. The highest BCUT2D eigenvalue weighted by molar-refractivity contribution is 9.10. The molecule has 0 spiro atoms. The molecule has 5 nitrogen and oxygen atoms in total. The zero-order chi connectivity index (χ0) is 22.5. The molecule has 2 aromatic carbocycles. The van der Waals surface area contributed by atoms with Crippen molar-refractivity contribution < 1.29 is 0 Å². The van der Waals surface area contributed by atoms with Crippen molar-refractivity contribution in [1.82, 2.24) is 14.9 Å². The van der Waals surface area contributed by atoms with Gasteiger partial charge in [0, 0.05) is 35.7 Å². The lowest BCUT2D eigenvalue weighted by atomic mass is 10.0. The lowest BCUT2D eigenvalue weighted by Crippen LogP contribution is -2.40. The minimum Gasteiger partial charge on any atom is -0.363 e. The first-order chi connectivity index (χ1) is 15.5. The third kappa shape index (κ3) is 5.88. The summed E-state index contributed by atoms with van der Waals surface area (Å²) in [6, 6.07) is 18.2. The number of rotatable bonds is 6. The van der Waals surface area contributed by atoms with Crippen LogP contribution in [0.2, 0.25) is 5.15 Å². The number of likely N-dealkylation sites (tertiary alicyclic amines) is 1. The standard InChI is InChI=1S/C25H26BrClN4O/c1-17(14-18-6-3-2-4-7-18)16-31-12-10-21(11-13-31)28-24-25(32)29-22(23(27)30-24)19-8-5-9-20(26)15-19/h2-9,14-15,21H,10-13,16H2,1H3,(H,28,30)(H,29,32). The molecule has 1 saturated heterocycles. The molecule has 0 bridgehead atoms. The van der Waals surface area contributed by atoms with Gasteiger partial charge in [-0.1, -0.05) is 81.6 Å². The summed E-state index contributed by atoms with van der Waals surface area (Å²) >= 11 is 9.85. The Hall–Kier alpha value is -2.41. The molecule has 1 aromatic heterocycles. The van der Waals surface area contributed by atoms with Crippen LogP contribution in [-0.4, -0.2) is 40.5 Å². The van der Waals surface area contributed by atoms with E-state index in [0.29, 0.717) is 5.69 Å². The van der Waals surface area contributed by atoms with Gasteiger partial charge in [-0.05, 0) is 37.5 Å². The smallest absolute Gasteiger partial charge is 0.291 e. The molecule has 0 radical (unpaired) electrons. The quantitative estimate of drug-likeness (QED) is 0.435. The summed E-state index contributed by atoms with van der Waals surface area (Å²) in [4.78, 5) is 22.3. The molecule has 2 N–H and O–H groups in total. The van der Waals surface area contributed by atoms with E-state index in [0.717, 1.165) is 42.5 Å². The lowest BCUT2D eigenvalue weighted by Gasteiger charge is -2.32. The van der Waals surface area contributed by atoms with Crippen LogP contribution in [0.4, 0.5) is 5.82 Å². The Labute approximate surface area is 201 Å². The Morgan fingerprint density at radius 3 is 2.69 bits per heavy atom. The van der Waals surface area contributed by atoms with E-state index < -0.39 is 0 Å². The highest BCUT2D eigenvalue weighted by Gasteiger charge is 2.21. The van der Waals surface area contributed by atoms with Crippen LogP contribution in [0.15, 0.2) is 69.4 Å². The van der Waals surface area contributed by atoms with Crippen molar-refractivity contribution in [3.63, 3.8) is 0 Å². The zero-order valence-electron chi connectivity index (χ0n) is 17.9. The molecule has 7 heteroatoms. The predicted molar refractivity (Wildman–Crippen MR) is 136 cm³/mol. The first-order valence-electron chi connectivity index (χ1n) is 10.7. The average molecular weight is 514 g/mol. The van der Waals surface area contributed by atoms with Crippen molar-refractivity contribution >= 4 is 39.4 Å². The second-order valence-corrected chi connectivity index (χ2v) is 9.46.